The Morgan fingerprint density at radius 3 is 2.44 bits per heavy atom. The van der Waals surface area contributed by atoms with Crippen LogP contribution >= 0.6 is 11.6 Å². The van der Waals surface area contributed by atoms with Crippen molar-refractivity contribution in [2.75, 3.05) is 41.3 Å². The highest BCUT2D eigenvalue weighted by molar-refractivity contribution is 6.30. The average Bonchev–Trinajstić information content (AvgIpc) is 3.06. The van der Waals surface area contributed by atoms with Gasteiger partial charge in [-0.25, -0.2) is 4.98 Å². The zero-order valence-corrected chi connectivity index (χ0v) is 16.1. The van der Waals surface area contributed by atoms with Gasteiger partial charge in [0.2, 0.25) is 5.95 Å². The predicted molar refractivity (Wildman–Crippen MR) is 107 cm³/mol. The van der Waals surface area contributed by atoms with Gasteiger partial charge in [-0.3, -0.25) is 0 Å². The maximum absolute atomic E-state index is 6.12. The number of benzene rings is 1. The molecule has 4 rings (SSSR count). The zero-order chi connectivity index (χ0) is 18.8. The lowest BCUT2D eigenvalue weighted by molar-refractivity contribution is 0.400. The molecule has 1 fully saturated rings. The summed E-state index contributed by atoms with van der Waals surface area (Å²) in [5.41, 5.74) is 2.05. The molecule has 1 N–H and O–H groups in total. The summed E-state index contributed by atoms with van der Waals surface area (Å²) in [7, 11) is 0. The number of hydrogen-bond acceptors (Lipinski definition) is 7. The van der Waals surface area contributed by atoms with Crippen molar-refractivity contribution in [1.82, 2.24) is 15.1 Å². The van der Waals surface area contributed by atoms with Crippen molar-refractivity contribution in [3.05, 3.63) is 52.9 Å². The van der Waals surface area contributed by atoms with Crippen LogP contribution in [0.1, 0.15) is 11.5 Å². The van der Waals surface area contributed by atoms with Gasteiger partial charge in [-0.05, 0) is 32.0 Å². The van der Waals surface area contributed by atoms with Crippen LogP contribution in [0.3, 0.4) is 0 Å². The van der Waals surface area contributed by atoms with Gasteiger partial charge >= 0.3 is 0 Å². The van der Waals surface area contributed by atoms with Crippen LogP contribution in [-0.4, -0.2) is 41.3 Å². The van der Waals surface area contributed by atoms with Gasteiger partial charge in [-0.15, -0.1) is 0 Å². The fraction of sp³-hybridized carbons (Fsp3) is 0.316. The molecule has 3 heterocycles. The van der Waals surface area contributed by atoms with E-state index in [4.69, 9.17) is 16.1 Å². The first-order valence-corrected chi connectivity index (χ1v) is 9.26. The Labute approximate surface area is 163 Å². The molecule has 0 saturated carbocycles. The van der Waals surface area contributed by atoms with Crippen molar-refractivity contribution in [3.63, 3.8) is 0 Å². The molecule has 0 spiro atoms. The lowest BCUT2D eigenvalue weighted by Crippen LogP contribution is -2.47. The van der Waals surface area contributed by atoms with Gasteiger partial charge in [0, 0.05) is 54.7 Å². The smallest absolute Gasteiger partial charge is 0.227 e. The summed E-state index contributed by atoms with van der Waals surface area (Å²) < 4.78 is 5.09. The molecule has 0 bridgehead atoms. The molecule has 0 radical (unpaired) electrons. The first kappa shape index (κ1) is 17.6. The summed E-state index contributed by atoms with van der Waals surface area (Å²) in [6.07, 6.45) is 0. The molecule has 0 unspecified atom stereocenters. The summed E-state index contributed by atoms with van der Waals surface area (Å²) in [6, 6.07) is 11.7. The molecule has 3 aromatic rings. The van der Waals surface area contributed by atoms with Crippen molar-refractivity contribution < 1.29 is 4.52 Å². The standard InChI is InChI=1S/C19H21ClN6O/c1-13-10-17(22-18-11-14(2)27-24-18)23-19(21-13)26-8-6-25(7-9-26)16-5-3-4-15(20)12-16/h3-5,10-12H,6-9H2,1-2H3,(H,21,22,23,24). The molecule has 140 valence electrons. The number of hydrogen-bond donors (Lipinski definition) is 1. The van der Waals surface area contributed by atoms with Crippen molar-refractivity contribution in [3.8, 4) is 0 Å². The van der Waals surface area contributed by atoms with Crippen molar-refractivity contribution >= 4 is 34.9 Å². The van der Waals surface area contributed by atoms with E-state index >= 15 is 0 Å². The van der Waals surface area contributed by atoms with Gasteiger partial charge in [0.05, 0.1) is 0 Å². The second kappa shape index (κ2) is 7.44. The number of aryl methyl sites for hydroxylation is 2. The minimum atomic E-state index is 0.641. The highest BCUT2D eigenvalue weighted by Gasteiger charge is 2.20. The van der Waals surface area contributed by atoms with Crippen LogP contribution in [-0.2, 0) is 0 Å². The molecule has 2 aromatic heterocycles. The molecule has 0 amide bonds. The Morgan fingerprint density at radius 1 is 0.963 bits per heavy atom. The van der Waals surface area contributed by atoms with E-state index in [0.717, 1.165) is 54.3 Å². The number of nitrogens with one attached hydrogen (secondary N) is 1. The van der Waals surface area contributed by atoms with Gasteiger partial charge < -0.3 is 19.6 Å². The van der Waals surface area contributed by atoms with Gasteiger partial charge in [0.1, 0.15) is 11.6 Å². The summed E-state index contributed by atoms with van der Waals surface area (Å²) in [4.78, 5) is 13.8. The van der Waals surface area contributed by atoms with E-state index in [2.05, 4.69) is 36.3 Å². The zero-order valence-electron chi connectivity index (χ0n) is 15.3. The SMILES string of the molecule is Cc1cc(Nc2cc(C)on2)nc(N2CCN(c3cccc(Cl)c3)CC2)n1. The third-order valence-corrected chi connectivity index (χ3v) is 4.70. The van der Waals surface area contributed by atoms with Gasteiger partial charge in [0.15, 0.2) is 5.82 Å². The Morgan fingerprint density at radius 2 is 1.74 bits per heavy atom. The second-order valence-electron chi connectivity index (χ2n) is 6.60. The van der Waals surface area contributed by atoms with Crippen LogP contribution in [0.5, 0.6) is 0 Å². The maximum atomic E-state index is 6.12. The first-order valence-electron chi connectivity index (χ1n) is 8.88. The molecule has 27 heavy (non-hydrogen) atoms. The Kier molecular flexibility index (Phi) is 4.85. The van der Waals surface area contributed by atoms with Crippen molar-refractivity contribution in [1.29, 1.82) is 0 Å². The van der Waals surface area contributed by atoms with E-state index in [9.17, 15) is 0 Å². The molecule has 7 nitrogen and oxygen atoms in total. The molecule has 0 aliphatic carbocycles. The van der Waals surface area contributed by atoms with Crippen molar-refractivity contribution in [2.24, 2.45) is 0 Å². The van der Waals surface area contributed by atoms with Gasteiger partial charge in [0.25, 0.3) is 0 Å². The lowest BCUT2D eigenvalue weighted by atomic mass is 10.2. The minimum absolute atomic E-state index is 0.641. The van der Waals surface area contributed by atoms with Crippen molar-refractivity contribution in [2.45, 2.75) is 13.8 Å². The van der Waals surface area contributed by atoms with Crippen LogP contribution in [0.15, 0.2) is 40.9 Å². The Bertz CT molecular complexity index is 935. The third-order valence-electron chi connectivity index (χ3n) is 4.46. The molecular weight excluding hydrogens is 364 g/mol. The third kappa shape index (κ3) is 4.14. The highest BCUT2D eigenvalue weighted by Crippen LogP contribution is 2.23. The maximum Gasteiger partial charge on any atom is 0.227 e. The molecular formula is C19H21ClN6O. The second-order valence-corrected chi connectivity index (χ2v) is 7.03. The normalized spacial score (nSPS) is 14.5. The van der Waals surface area contributed by atoms with Crippen LogP contribution in [0, 0.1) is 13.8 Å². The first-order chi connectivity index (χ1) is 13.1. The largest absolute Gasteiger partial charge is 0.368 e. The number of rotatable bonds is 4. The van der Waals surface area contributed by atoms with E-state index in [1.807, 2.05) is 44.2 Å². The topological polar surface area (TPSA) is 70.3 Å². The average molecular weight is 385 g/mol. The van der Waals surface area contributed by atoms with E-state index in [-0.39, 0.29) is 0 Å². The number of nitrogens with zero attached hydrogens (tertiary/aromatic N) is 5. The number of aromatic nitrogens is 3. The van der Waals surface area contributed by atoms with Gasteiger partial charge in [-0.1, -0.05) is 22.8 Å². The van der Waals surface area contributed by atoms with E-state index in [0.29, 0.717) is 11.6 Å². The van der Waals surface area contributed by atoms with Crippen LogP contribution in [0.25, 0.3) is 0 Å². The summed E-state index contributed by atoms with van der Waals surface area (Å²) in [5, 5.41) is 7.89. The predicted octanol–water partition coefficient (Wildman–Crippen LogP) is 3.81. The van der Waals surface area contributed by atoms with Crippen LogP contribution < -0.4 is 15.1 Å². The summed E-state index contributed by atoms with van der Waals surface area (Å²) in [6.45, 7) is 7.30. The number of anilines is 4. The summed E-state index contributed by atoms with van der Waals surface area (Å²) >= 11 is 6.12. The van der Waals surface area contributed by atoms with E-state index in [1.165, 1.54) is 0 Å². The number of piperazine rings is 1. The quantitative estimate of drug-likeness (QED) is 0.733. The van der Waals surface area contributed by atoms with Gasteiger partial charge in [-0.2, -0.15) is 4.98 Å². The number of halogens is 1. The van der Waals surface area contributed by atoms with Crippen LogP contribution in [0.4, 0.5) is 23.3 Å². The molecule has 0 atom stereocenters. The molecule has 1 saturated heterocycles. The summed E-state index contributed by atoms with van der Waals surface area (Å²) in [5.74, 6) is 2.83. The Balaban J connectivity index is 1.46. The highest BCUT2D eigenvalue weighted by atomic mass is 35.5. The fourth-order valence-electron chi connectivity index (χ4n) is 3.15. The molecule has 1 aliphatic heterocycles. The monoisotopic (exact) mass is 384 g/mol. The van der Waals surface area contributed by atoms with E-state index < -0.39 is 0 Å². The van der Waals surface area contributed by atoms with E-state index in [1.54, 1.807) is 0 Å². The molecule has 1 aliphatic rings. The lowest BCUT2D eigenvalue weighted by Gasteiger charge is -2.36. The minimum Gasteiger partial charge on any atom is -0.368 e. The Hall–Kier alpha value is -2.80. The fourth-order valence-corrected chi connectivity index (χ4v) is 3.34. The van der Waals surface area contributed by atoms with Crippen LogP contribution in [0.2, 0.25) is 5.02 Å². The molecule has 8 heteroatoms. The molecule has 1 aromatic carbocycles.